The molecule has 6 aliphatic rings. The van der Waals surface area contributed by atoms with Crippen molar-refractivity contribution in [3.05, 3.63) is 139 Å². The first-order chi connectivity index (χ1) is 35.0. The fourth-order valence-corrected chi connectivity index (χ4v) is 12.9. The highest BCUT2D eigenvalue weighted by Gasteiger charge is 2.50. The minimum absolute atomic E-state index is 0.0369. The summed E-state index contributed by atoms with van der Waals surface area (Å²) in [5, 5.41) is 1.88. The van der Waals surface area contributed by atoms with Gasteiger partial charge in [0, 0.05) is 38.3 Å². The largest absolute Gasteiger partial charge is 0.445 e. The Bertz CT molecular complexity index is 2320. The summed E-state index contributed by atoms with van der Waals surface area (Å²) in [6, 6.07) is 30.6. The van der Waals surface area contributed by atoms with Crippen LogP contribution < -0.4 is 0 Å². The Hall–Kier alpha value is -4.56. The van der Waals surface area contributed by atoms with Crippen molar-refractivity contribution in [2.75, 3.05) is 52.4 Å². The van der Waals surface area contributed by atoms with Crippen molar-refractivity contribution in [2.45, 2.75) is 127 Å². The lowest BCUT2D eigenvalue weighted by atomic mass is 9.81. The molecule has 384 valence electrons. The van der Waals surface area contributed by atoms with Gasteiger partial charge in [-0.05, 0) is 137 Å². The summed E-state index contributed by atoms with van der Waals surface area (Å²) < 4.78 is 11.5. The minimum Gasteiger partial charge on any atom is -0.445 e. The first kappa shape index (κ1) is 52.3. The molecule has 4 amide bonds. The molecule has 0 N–H and O–H groups in total. The second-order valence-corrected chi connectivity index (χ2v) is 21.7. The van der Waals surface area contributed by atoms with Gasteiger partial charge in [-0.2, -0.15) is 0 Å². The lowest BCUT2D eigenvalue weighted by Gasteiger charge is -2.54. The number of ether oxygens (including phenoxy) is 2. The van der Waals surface area contributed by atoms with Gasteiger partial charge in [0.1, 0.15) is 13.2 Å². The first-order valence-electron chi connectivity index (χ1n) is 25.9. The summed E-state index contributed by atoms with van der Waals surface area (Å²) in [6.07, 6.45) is 10.7. The summed E-state index contributed by atoms with van der Waals surface area (Å²) in [5.74, 6) is 0.151. The van der Waals surface area contributed by atoms with Crippen molar-refractivity contribution in [1.29, 1.82) is 0 Å². The van der Waals surface area contributed by atoms with Crippen LogP contribution >= 0.6 is 46.4 Å². The van der Waals surface area contributed by atoms with Gasteiger partial charge < -0.3 is 29.1 Å². The second kappa shape index (κ2) is 24.6. The predicted molar refractivity (Wildman–Crippen MR) is 282 cm³/mol. The summed E-state index contributed by atoms with van der Waals surface area (Å²) >= 11 is 24.6. The zero-order valence-corrected chi connectivity index (χ0v) is 43.9. The van der Waals surface area contributed by atoms with Crippen LogP contribution in [-0.2, 0) is 45.1 Å². The first-order valence-corrected chi connectivity index (χ1v) is 27.4. The fourth-order valence-electron chi connectivity index (χ4n) is 12.3. The Balaban J connectivity index is 0.000000178. The van der Waals surface area contributed by atoms with Gasteiger partial charge in [0.25, 0.3) is 0 Å². The number of nitrogens with zero attached hydrogens (tertiary/aromatic N) is 6. The van der Waals surface area contributed by atoms with Crippen LogP contribution in [-0.4, -0.2) is 142 Å². The predicted octanol–water partition coefficient (Wildman–Crippen LogP) is 10.8. The van der Waals surface area contributed by atoms with Crippen LogP contribution in [0.3, 0.4) is 0 Å². The van der Waals surface area contributed by atoms with Crippen LogP contribution in [0.5, 0.6) is 0 Å². The molecule has 2 saturated carbocycles. The van der Waals surface area contributed by atoms with E-state index in [0.29, 0.717) is 46.3 Å². The smallest absolute Gasteiger partial charge is 0.410 e. The molecule has 6 atom stereocenters. The molecular formula is C56H66Cl4N6O6. The maximum Gasteiger partial charge on any atom is 0.410 e. The number of amides is 4. The van der Waals surface area contributed by atoms with Crippen LogP contribution in [0, 0.1) is 0 Å². The molecule has 72 heavy (non-hydrogen) atoms. The number of rotatable bonds is 10. The second-order valence-electron chi connectivity index (χ2n) is 20.1. The quantitative estimate of drug-likeness (QED) is 0.155. The van der Waals surface area contributed by atoms with Crippen molar-refractivity contribution in [1.82, 2.24) is 29.4 Å². The van der Waals surface area contributed by atoms with Gasteiger partial charge in [-0.25, -0.2) is 9.59 Å². The summed E-state index contributed by atoms with van der Waals surface area (Å²) in [5.41, 5.74) is 3.64. The molecule has 4 aromatic carbocycles. The Morgan fingerprint density at radius 2 is 0.764 bits per heavy atom. The third-order valence-electron chi connectivity index (χ3n) is 15.7. The SMILES string of the molecule is O=C(Cc1ccc(Cl)c(Cl)c1)N1CCN(C(=O)OCc2ccccc2)[C@@H]2CCC[C@@H](N3CCCC3)[C@@H]21.O=C(Cc1ccc(Cl)c(Cl)c1)N1CCN(C(=O)OCc2ccccc2)[C@H]2CCC[C@H](N3CCCC3)[C@H]21. The van der Waals surface area contributed by atoms with Crippen molar-refractivity contribution in [2.24, 2.45) is 0 Å². The molecule has 4 heterocycles. The summed E-state index contributed by atoms with van der Waals surface area (Å²) in [6.45, 7) is 6.71. The molecule has 0 unspecified atom stereocenters. The van der Waals surface area contributed by atoms with Crippen LogP contribution in [0.15, 0.2) is 97.1 Å². The number of carbonyl (C=O) groups is 4. The van der Waals surface area contributed by atoms with Crippen molar-refractivity contribution in [3.8, 4) is 0 Å². The molecule has 0 spiro atoms. The molecule has 12 nitrogen and oxygen atoms in total. The monoisotopic (exact) mass is 1060 g/mol. The number of hydrogen-bond donors (Lipinski definition) is 0. The van der Waals surface area contributed by atoms with Gasteiger partial charge in [-0.3, -0.25) is 19.4 Å². The third-order valence-corrected chi connectivity index (χ3v) is 17.2. The van der Waals surface area contributed by atoms with E-state index in [1.807, 2.05) is 92.4 Å². The van der Waals surface area contributed by atoms with Crippen LogP contribution in [0.2, 0.25) is 20.1 Å². The summed E-state index contributed by atoms with van der Waals surface area (Å²) in [4.78, 5) is 66.8. The Labute approximate surface area is 444 Å². The average molecular weight is 1060 g/mol. The molecule has 16 heteroatoms. The van der Waals surface area contributed by atoms with E-state index in [-0.39, 0.29) is 86.3 Å². The molecule has 4 aromatic rings. The third kappa shape index (κ3) is 12.5. The Morgan fingerprint density at radius 3 is 1.14 bits per heavy atom. The molecule has 2 aliphatic carbocycles. The van der Waals surface area contributed by atoms with Gasteiger partial charge in [0.05, 0.1) is 57.1 Å². The standard InChI is InChI=1S/2C28H33Cl2N3O3/c2*29-22-12-11-21(17-23(22)30)18-26(34)33-16-15-32(28(35)36-19-20-7-2-1-3-8-20)25-10-6-9-24(27(25)33)31-13-4-5-14-31/h2*1-3,7-8,11-12,17,24-25,27H,4-6,9-10,13-16,18-19H2/t2*24-,25-,27+/m10/s1. The van der Waals surface area contributed by atoms with Crippen molar-refractivity contribution >= 4 is 70.4 Å². The van der Waals surface area contributed by atoms with Crippen LogP contribution in [0.25, 0.3) is 0 Å². The van der Waals surface area contributed by atoms with E-state index < -0.39 is 0 Å². The lowest BCUT2D eigenvalue weighted by Crippen LogP contribution is -2.69. The van der Waals surface area contributed by atoms with Gasteiger partial charge in [-0.15, -0.1) is 0 Å². The highest BCUT2D eigenvalue weighted by molar-refractivity contribution is 6.42. The van der Waals surface area contributed by atoms with E-state index >= 15 is 0 Å². The van der Waals surface area contributed by atoms with E-state index in [1.165, 1.54) is 25.7 Å². The van der Waals surface area contributed by atoms with Crippen molar-refractivity contribution in [3.63, 3.8) is 0 Å². The molecule has 0 aromatic heterocycles. The van der Waals surface area contributed by atoms with E-state index in [2.05, 4.69) is 9.80 Å². The lowest BCUT2D eigenvalue weighted by molar-refractivity contribution is -0.142. The molecule has 10 rings (SSSR count). The number of likely N-dealkylation sites (tertiary alicyclic amines) is 2. The highest BCUT2D eigenvalue weighted by Crippen LogP contribution is 2.38. The van der Waals surface area contributed by atoms with E-state index in [0.717, 1.165) is 87.0 Å². The average Bonchev–Trinajstić information content (AvgIpc) is 4.16. The van der Waals surface area contributed by atoms with Crippen LogP contribution in [0.1, 0.15) is 86.5 Å². The number of benzene rings is 4. The topological polar surface area (TPSA) is 106 Å². The highest BCUT2D eigenvalue weighted by atomic mass is 35.5. The molecule has 0 bridgehead atoms. The molecule has 0 radical (unpaired) electrons. The maximum absolute atomic E-state index is 13.7. The van der Waals surface area contributed by atoms with Gasteiger partial charge >= 0.3 is 12.2 Å². The van der Waals surface area contributed by atoms with Crippen molar-refractivity contribution < 1.29 is 28.7 Å². The normalized spacial score (nSPS) is 24.4. The molecular weight excluding hydrogens is 994 g/mol. The number of carbonyl (C=O) groups excluding carboxylic acids is 4. The van der Waals surface area contributed by atoms with Gasteiger partial charge in [0.2, 0.25) is 11.8 Å². The van der Waals surface area contributed by atoms with Gasteiger partial charge in [0.15, 0.2) is 0 Å². The zero-order valence-electron chi connectivity index (χ0n) is 40.9. The van der Waals surface area contributed by atoms with E-state index in [1.54, 1.807) is 24.3 Å². The fraction of sp³-hybridized carbons (Fsp3) is 0.500. The number of fused-ring (bicyclic) bond motifs is 2. The molecule has 4 saturated heterocycles. The Kier molecular flexibility index (Phi) is 17.9. The number of hydrogen-bond acceptors (Lipinski definition) is 8. The number of piperazine rings is 2. The van der Waals surface area contributed by atoms with E-state index in [4.69, 9.17) is 55.9 Å². The van der Waals surface area contributed by atoms with E-state index in [9.17, 15) is 19.2 Å². The number of halogens is 4. The van der Waals surface area contributed by atoms with Gasteiger partial charge in [-0.1, -0.05) is 119 Å². The maximum atomic E-state index is 13.7. The molecule has 4 aliphatic heterocycles. The van der Waals surface area contributed by atoms with Crippen LogP contribution in [0.4, 0.5) is 9.59 Å². The Morgan fingerprint density at radius 1 is 0.403 bits per heavy atom. The summed E-state index contributed by atoms with van der Waals surface area (Å²) in [7, 11) is 0. The minimum atomic E-state index is -0.285. The molecule has 6 fully saturated rings. The zero-order chi connectivity index (χ0) is 50.1.